The Bertz CT molecular complexity index is 1030. The van der Waals surface area contributed by atoms with E-state index in [0.717, 1.165) is 25.0 Å². The van der Waals surface area contributed by atoms with Gasteiger partial charge in [0.15, 0.2) is 0 Å². The van der Waals surface area contributed by atoms with Gasteiger partial charge in [0.2, 0.25) is 5.91 Å². The van der Waals surface area contributed by atoms with Crippen LogP contribution < -0.4 is 16.0 Å². The van der Waals surface area contributed by atoms with Crippen LogP contribution in [0.1, 0.15) is 36.8 Å². The van der Waals surface area contributed by atoms with Crippen LogP contribution in [-0.4, -0.2) is 44.4 Å². The minimum Gasteiger partial charge on any atom is -0.381 e. The lowest BCUT2D eigenvalue weighted by Gasteiger charge is -2.36. The van der Waals surface area contributed by atoms with Crippen molar-refractivity contribution in [1.82, 2.24) is 5.32 Å². The van der Waals surface area contributed by atoms with Gasteiger partial charge >= 0.3 is 12.2 Å². The van der Waals surface area contributed by atoms with Crippen molar-refractivity contribution in [3.05, 3.63) is 59.7 Å². The first kappa shape index (κ1) is 25.0. The average molecular weight is 492 g/mol. The van der Waals surface area contributed by atoms with E-state index in [1.54, 1.807) is 30.3 Å². The molecule has 1 atom stereocenters. The summed E-state index contributed by atoms with van der Waals surface area (Å²) >= 11 is 0. The third-order valence-corrected chi connectivity index (χ3v) is 6.44. The zero-order valence-electron chi connectivity index (χ0n) is 19.1. The molecular formula is C25H28F3N3O4. The number of nitrogens with one attached hydrogen (secondary N) is 3. The predicted octanol–water partition coefficient (Wildman–Crippen LogP) is 4.69. The molecule has 3 amide bonds. The quantitative estimate of drug-likeness (QED) is 0.547. The zero-order valence-corrected chi connectivity index (χ0v) is 19.1. The second kappa shape index (κ2) is 10.7. The van der Waals surface area contributed by atoms with E-state index >= 15 is 0 Å². The first-order chi connectivity index (χ1) is 16.8. The lowest BCUT2D eigenvalue weighted by Crippen LogP contribution is -2.45. The van der Waals surface area contributed by atoms with Crippen molar-refractivity contribution >= 4 is 23.3 Å². The Morgan fingerprint density at radius 2 is 1.66 bits per heavy atom. The molecule has 2 heterocycles. The summed E-state index contributed by atoms with van der Waals surface area (Å²) in [5, 5.41) is 8.32. The van der Waals surface area contributed by atoms with Crippen LogP contribution in [0.2, 0.25) is 0 Å². The maximum absolute atomic E-state index is 13.4. The monoisotopic (exact) mass is 491 g/mol. The van der Waals surface area contributed by atoms with Gasteiger partial charge in [0.1, 0.15) is 0 Å². The van der Waals surface area contributed by atoms with Crippen LogP contribution in [0.15, 0.2) is 48.5 Å². The highest BCUT2D eigenvalue weighted by atomic mass is 19.4. The summed E-state index contributed by atoms with van der Waals surface area (Å²) in [5.74, 6) is -0.393. The molecule has 2 aromatic carbocycles. The van der Waals surface area contributed by atoms with Gasteiger partial charge < -0.3 is 25.4 Å². The minimum atomic E-state index is -4.50. The summed E-state index contributed by atoms with van der Waals surface area (Å²) in [6, 6.07) is 11.1. The number of hydrogen-bond donors (Lipinski definition) is 3. The third kappa shape index (κ3) is 6.12. The second-order valence-corrected chi connectivity index (χ2v) is 8.77. The van der Waals surface area contributed by atoms with E-state index in [4.69, 9.17) is 9.47 Å². The maximum atomic E-state index is 13.4. The number of urea groups is 1. The van der Waals surface area contributed by atoms with Crippen LogP contribution >= 0.6 is 0 Å². The van der Waals surface area contributed by atoms with Crippen LogP contribution in [0, 0.1) is 0 Å². The van der Waals surface area contributed by atoms with E-state index in [2.05, 4.69) is 16.0 Å². The van der Waals surface area contributed by atoms with Crippen molar-refractivity contribution in [2.24, 2.45) is 0 Å². The predicted molar refractivity (Wildman–Crippen MR) is 124 cm³/mol. The molecule has 0 aliphatic carbocycles. The topological polar surface area (TPSA) is 88.7 Å². The van der Waals surface area contributed by atoms with E-state index in [0.29, 0.717) is 30.1 Å². The molecule has 2 aliphatic rings. The summed E-state index contributed by atoms with van der Waals surface area (Å²) < 4.78 is 50.8. The number of ether oxygens (including phenoxy) is 2. The van der Waals surface area contributed by atoms with Gasteiger partial charge in [-0.2, -0.15) is 13.2 Å². The summed E-state index contributed by atoms with van der Waals surface area (Å²) in [5.41, 5.74) is -0.612. The molecular weight excluding hydrogens is 463 g/mol. The SMILES string of the molecule is O=C(NCC1CCCO1)Nc1ccc(NC(=O)C2(c3cccc(C(F)(F)F)c3)CCOCC2)cc1. The number of anilines is 2. The van der Waals surface area contributed by atoms with Crippen LogP contribution in [0.25, 0.3) is 0 Å². The third-order valence-electron chi connectivity index (χ3n) is 6.44. The minimum absolute atomic E-state index is 0.0349. The number of amides is 3. The number of carbonyl (C=O) groups is 2. The largest absolute Gasteiger partial charge is 0.416 e. The number of carbonyl (C=O) groups excluding carboxylic acids is 2. The Morgan fingerprint density at radius 1 is 0.971 bits per heavy atom. The standard InChI is InChI=1S/C25H28F3N3O4/c26-25(27,28)18-4-1-3-17(15-18)24(10-13-34-14-11-24)22(32)30-19-6-8-20(9-7-19)31-23(33)29-16-21-5-2-12-35-21/h1,3-4,6-9,15,21H,2,5,10-14,16H2,(H,30,32)(H2,29,31,33). The highest BCUT2D eigenvalue weighted by Crippen LogP contribution is 2.39. The van der Waals surface area contributed by atoms with E-state index in [-0.39, 0.29) is 38.2 Å². The molecule has 188 valence electrons. The van der Waals surface area contributed by atoms with Crippen molar-refractivity contribution in [3.63, 3.8) is 0 Å². The molecule has 0 radical (unpaired) electrons. The highest BCUT2D eigenvalue weighted by molar-refractivity contribution is 5.99. The maximum Gasteiger partial charge on any atom is 0.416 e. The molecule has 10 heteroatoms. The number of rotatable bonds is 6. The Morgan fingerprint density at radius 3 is 2.29 bits per heavy atom. The molecule has 0 saturated carbocycles. The van der Waals surface area contributed by atoms with E-state index in [9.17, 15) is 22.8 Å². The fraction of sp³-hybridized carbons (Fsp3) is 0.440. The molecule has 7 nitrogen and oxygen atoms in total. The molecule has 3 N–H and O–H groups in total. The Hall–Kier alpha value is -3.11. The summed E-state index contributed by atoms with van der Waals surface area (Å²) in [7, 11) is 0. The first-order valence-corrected chi connectivity index (χ1v) is 11.6. The zero-order chi connectivity index (χ0) is 24.9. The van der Waals surface area contributed by atoms with E-state index < -0.39 is 23.1 Å². The van der Waals surface area contributed by atoms with Gasteiger partial charge in [0, 0.05) is 37.7 Å². The van der Waals surface area contributed by atoms with Crippen molar-refractivity contribution in [2.75, 3.05) is 37.0 Å². The average Bonchev–Trinajstić information content (AvgIpc) is 3.38. The molecule has 1 unspecified atom stereocenters. The molecule has 0 aromatic heterocycles. The first-order valence-electron chi connectivity index (χ1n) is 11.6. The normalized spacial score (nSPS) is 19.7. The number of alkyl halides is 3. The van der Waals surface area contributed by atoms with Crippen molar-refractivity contribution in [1.29, 1.82) is 0 Å². The Labute approximate surface area is 201 Å². The van der Waals surface area contributed by atoms with Crippen LogP contribution in [0.3, 0.4) is 0 Å². The lowest BCUT2D eigenvalue weighted by molar-refractivity contribution is -0.138. The second-order valence-electron chi connectivity index (χ2n) is 8.77. The summed E-state index contributed by atoms with van der Waals surface area (Å²) in [6.45, 7) is 1.69. The molecule has 35 heavy (non-hydrogen) atoms. The Kier molecular flexibility index (Phi) is 7.61. The van der Waals surface area contributed by atoms with Gasteiger partial charge in [-0.1, -0.05) is 18.2 Å². The molecule has 2 fully saturated rings. The highest BCUT2D eigenvalue weighted by Gasteiger charge is 2.43. The van der Waals surface area contributed by atoms with E-state index in [1.165, 1.54) is 6.07 Å². The fourth-order valence-corrected chi connectivity index (χ4v) is 4.43. The number of benzene rings is 2. The lowest BCUT2D eigenvalue weighted by atomic mass is 9.73. The number of halogens is 3. The molecule has 0 spiro atoms. The van der Waals surface area contributed by atoms with Gasteiger partial charge in [-0.05, 0) is 61.6 Å². The van der Waals surface area contributed by atoms with Crippen LogP contribution in [-0.2, 0) is 25.9 Å². The van der Waals surface area contributed by atoms with Crippen molar-refractivity contribution in [2.45, 2.75) is 43.4 Å². The van der Waals surface area contributed by atoms with Crippen LogP contribution in [0.5, 0.6) is 0 Å². The Balaban J connectivity index is 1.42. The van der Waals surface area contributed by atoms with Crippen molar-refractivity contribution in [3.8, 4) is 0 Å². The van der Waals surface area contributed by atoms with Gasteiger partial charge in [-0.3, -0.25) is 4.79 Å². The molecule has 2 aliphatic heterocycles. The van der Waals surface area contributed by atoms with Gasteiger partial charge in [0.25, 0.3) is 0 Å². The van der Waals surface area contributed by atoms with Crippen molar-refractivity contribution < 1.29 is 32.2 Å². The van der Waals surface area contributed by atoms with Gasteiger partial charge in [0.05, 0.1) is 17.1 Å². The molecule has 2 saturated heterocycles. The smallest absolute Gasteiger partial charge is 0.381 e. The van der Waals surface area contributed by atoms with Gasteiger partial charge in [-0.25, -0.2) is 4.79 Å². The summed E-state index contributed by atoms with van der Waals surface area (Å²) in [6.07, 6.45) is -2.02. The van der Waals surface area contributed by atoms with Gasteiger partial charge in [-0.15, -0.1) is 0 Å². The number of hydrogen-bond acceptors (Lipinski definition) is 4. The summed E-state index contributed by atoms with van der Waals surface area (Å²) in [4.78, 5) is 25.5. The van der Waals surface area contributed by atoms with E-state index in [1.807, 2.05) is 0 Å². The molecule has 0 bridgehead atoms. The van der Waals surface area contributed by atoms with Crippen LogP contribution in [0.4, 0.5) is 29.3 Å². The molecule has 4 rings (SSSR count). The fourth-order valence-electron chi connectivity index (χ4n) is 4.43. The molecule has 2 aromatic rings.